The van der Waals surface area contributed by atoms with Gasteiger partial charge in [0.15, 0.2) is 0 Å². The van der Waals surface area contributed by atoms with E-state index in [9.17, 15) is 5.11 Å². The second-order valence-electron chi connectivity index (χ2n) is 4.16. The van der Waals surface area contributed by atoms with E-state index >= 15 is 0 Å². The topological polar surface area (TPSA) is 44.0 Å². The first-order valence-corrected chi connectivity index (χ1v) is 5.46. The van der Waals surface area contributed by atoms with Crippen molar-refractivity contribution in [1.82, 2.24) is 0 Å². The Labute approximate surface area is 96.8 Å². The van der Waals surface area contributed by atoms with Crippen LogP contribution in [0.15, 0.2) is 18.7 Å². The number of nitriles is 1. The highest BCUT2D eigenvalue weighted by Crippen LogP contribution is 2.26. The molecular weight excluding hydrogens is 198 g/mol. The molecule has 0 amide bonds. The summed E-state index contributed by atoms with van der Waals surface area (Å²) >= 11 is 0. The van der Waals surface area contributed by atoms with Crippen LogP contribution in [0.2, 0.25) is 0 Å². The smallest absolute Gasteiger partial charge is 0.115 e. The highest BCUT2D eigenvalue weighted by Gasteiger charge is 2.12. The summed E-state index contributed by atoms with van der Waals surface area (Å²) in [4.78, 5) is 0. The first-order valence-electron chi connectivity index (χ1n) is 5.46. The van der Waals surface area contributed by atoms with E-state index in [0.717, 1.165) is 17.5 Å². The summed E-state index contributed by atoms with van der Waals surface area (Å²) in [7, 11) is 0. The molecule has 0 fully saturated rings. The van der Waals surface area contributed by atoms with Gasteiger partial charge in [-0.3, -0.25) is 0 Å². The van der Waals surface area contributed by atoms with Gasteiger partial charge in [-0.2, -0.15) is 5.26 Å². The minimum Gasteiger partial charge on any atom is -0.508 e. The first-order chi connectivity index (χ1) is 7.51. The van der Waals surface area contributed by atoms with Gasteiger partial charge < -0.3 is 5.11 Å². The van der Waals surface area contributed by atoms with Crippen molar-refractivity contribution in [3.05, 3.63) is 41.0 Å². The molecule has 1 N–H and O–H groups in total. The van der Waals surface area contributed by atoms with Crippen LogP contribution in [0.5, 0.6) is 0 Å². The number of aryl methyl sites for hydroxylation is 1. The van der Waals surface area contributed by atoms with E-state index in [0.29, 0.717) is 17.0 Å². The summed E-state index contributed by atoms with van der Waals surface area (Å²) in [6.45, 7) is 9.67. The molecule has 0 saturated carbocycles. The van der Waals surface area contributed by atoms with Gasteiger partial charge in [0.1, 0.15) is 5.76 Å². The predicted octanol–water partition coefficient (Wildman–Crippen LogP) is 3.77. The fourth-order valence-electron chi connectivity index (χ4n) is 1.80. The second-order valence-corrected chi connectivity index (χ2v) is 4.16. The quantitative estimate of drug-likeness (QED) is 0.780. The lowest BCUT2D eigenvalue weighted by Crippen LogP contribution is -1.99. The maximum atomic E-state index is 9.48. The number of hydrogen-bond donors (Lipinski definition) is 1. The Hall–Kier alpha value is -1.75. The van der Waals surface area contributed by atoms with Crippen LogP contribution in [0.4, 0.5) is 0 Å². The lowest BCUT2D eigenvalue weighted by Gasteiger charge is -2.13. The van der Waals surface area contributed by atoms with E-state index in [1.165, 1.54) is 0 Å². The molecule has 0 aliphatic heterocycles. The van der Waals surface area contributed by atoms with Crippen molar-refractivity contribution in [2.24, 2.45) is 0 Å². The standard InChI is InChI=1S/C14H17NO/c1-5-11-6-13(9(2)3)12(8-15)7-14(11)10(4)16/h6-7,9,16H,4-5H2,1-3H3. The highest BCUT2D eigenvalue weighted by atomic mass is 16.3. The second kappa shape index (κ2) is 4.85. The molecule has 0 aromatic heterocycles. The van der Waals surface area contributed by atoms with Crippen LogP contribution >= 0.6 is 0 Å². The summed E-state index contributed by atoms with van der Waals surface area (Å²) < 4.78 is 0. The largest absolute Gasteiger partial charge is 0.508 e. The van der Waals surface area contributed by atoms with Crippen molar-refractivity contribution in [3.63, 3.8) is 0 Å². The Balaban J connectivity index is 3.48. The molecule has 1 aromatic rings. The minimum absolute atomic E-state index is 0.0312. The van der Waals surface area contributed by atoms with Gasteiger partial charge >= 0.3 is 0 Å². The zero-order chi connectivity index (χ0) is 12.3. The number of aliphatic hydroxyl groups excluding tert-OH is 1. The van der Waals surface area contributed by atoms with E-state index in [1.54, 1.807) is 6.07 Å². The summed E-state index contributed by atoms with van der Waals surface area (Å²) in [6.07, 6.45) is 0.820. The molecular formula is C14H17NO. The summed E-state index contributed by atoms with van der Waals surface area (Å²) in [5, 5.41) is 18.6. The first kappa shape index (κ1) is 12.3. The molecule has 0 radical (unpaired) electrons. The fraction of sp³-hybridized carbons (Fsp3) is 0.357. The SMILES string of the molecule is C=C(O)c1cc(C#N)c(C(C)C)cc1CC. The molecule has 1 rings (SSSR count). The van der Waals surface area contributed by atoms with Crippen LogP contribution in [0.1, 0.15) is 48.9 Å². The number of hydrogen-bond acceptors (Lipinski definition) is 2. The third-order valence-electron chi connectivity index (χ3n) is 2.71. The number of benzene rings is 1. The molecule has 0 bridgehead atoms. The van der Waals surface area contributed by atoms with Crippen molar-refractivity contribution < 1.29 is 5.11 Å². The average Bonchev–Trinajstić information content (AvgIpc) is 2.26. The number of rotatable bonds is 3. The van der Waals surface area contributed by atoms with Gasteiger partial charge in [0.05, 0.1) is 11.6 Å². The fourth-order valence-corrected chi connectivity index (χ4v) is 1.80. The third-order valence-corrected chi connectivity index (χ3v) is 2.71. The van der Waals surface area contributed by atoms with E-state index < -0.39 is 0 Å². The maximum Gasteiger partial charge on any atom is 0.115 e. The van der Waals surface area contributed by atoms with Crippen molar-refractivity contribution in [2.45, 2.75) is 33.1 Å². The molecule has 2 heteroatoms. The van der Waals surface area contributed by atoms with Crippen molar-refractivity contribution in [1.29, 1.82) is 5.26 Å². The van der Waals surface area contributed by atoms with Gasteiger partial charge in [0, 0.05) is 5.56 Å². The van der Waals surface area contributed by atoms with E-state index in [1.807, 2.05) is 13.0 Å². The van der Waals surface area contributed by atoms with E-state index in [4.69, 9.17) is 5.26 Å². The van der Waals surface area contributed by atoms with Crippen LogP contribution in [0.3, 0.4) is 0 Å². The summed E-state index contributed by atoms with van der Waals surface area (Å²) in [6, 6.07) is 5.90. The van der Waals surface area contributed by atoms with Gasteiger partial charge in [-0.1, -0.05) is 33.4 Å². The van der Waals surface area contributed by atoms with Gasteiger partial charge in [0.2, 0.25) is 0 Å². The summed E-state index contributed by atoms with van der Waals surface area (Å²) in [5.74, 6) is 0.338. The number of nitrogens with zero attached hydrogens (tertiary/aromatic N) is 1. The summed E-state index contributed by atoms with van der Waals surface area (Å²) in [5.41, 5.74) is 3.38. The molecule has 0 aliphatic carbocycles. The monoisotopic (exact) mass is 215 g/mol. The van der Waals surface area contributed by atoms with Crippen LogP contribution < -0.4 is 0 Å². The maximum absolute atomic E-state index is 9.48. The number of aliphatic hydroxyl groups is 1. The minimum atomic E-state index is 0.0312. The Bertz CT molecular complexity index is 453. The Morgan fingerprint density at radius 1 is 1.50 bits per heavy atom. The Morgan fingerprint density at radius 2 is 2.12 bits per heavy atom. The van der Waals surface area contributed by atoms with Crippen LogP contribution in [0.25, 0.3) is 5.76 Å². The Kier molecular flexibility index (Phi) is 3.73. The van der Waals surface area contributed by atoms with Gasteiger partial charge in [-0.05, 0) is 29.5 Å². The molecule has 16 heavy (non-hydrogen) atoms. The van der Waals surface area contributed by atoms with Gasteiger partial charge in [-0.15, -0.1) is 0 Å². The average molecular weight is 215 g/mol. The lowest BCUT2D eigenvalue weighted by molar-refractivity contribution is 0.513. The zero-order valence-corrected chi connectivity index (χ0v) is 10.0. The van der Waals surface area contributed by atoms with E-state index in [-0.39, 0.29) is 5.76 Å². The van der Waals surface area contributed by atoms with Crippen molar-refractivity contribution in [3.8, 4) is 6.07 Å². The van der Waals surface area contributed by atoms with E-state index in [2.05, 4.69) is 26.5 Å². The van der Waals surface area contributed by atoms with Crippen LogP contribution in [-0.2, 0) is 6.42 Å². The molecule has 0 atom stereocenters. The zero-order valence-electron chi connectivity index (χ0n) is 10.0. The molecule has 0 unspecified atom stereocenters. The van der Waals surface area contributed by atoms with Crippen molar-refractivity contribution >= 4 is 5.76 Å². The molecule has 0 aliphatic rings. The van der Waals surface area contributed by atoms with Crippen LogP contribution in [0, 0.1) is 11.3 Å². The highest BCUT2D eigenvalue weighted by molar-refractivity contribution is 5.63. The molecule has 2 nitrogen and oxygen atoms in total. The predicted molar refractivity (Wildman–Crippen MR) is 66.3 cm³/mol. The van der Waals surface area contributed by atoms with Gasteiger partial charge in [-0.25, -0.2) is 0 Å². The lowest BCUT2D eigenvalue weighted by atomic mass is 9.91. The Morgan fingerprint density at radius 3 is 2.50 bits per heavy atom. The normalized spacial score (nSPS) is 10.2. The molecule has 84 valence electrons. The molecule has 0 heterocycles. The van der Waals surface area contributed by atoms with Crippen molar-refractivity contribution in [2.75, 3.05) is 0 Å². The molecule has 0 saturated heterocycles. The molecule has 0 spiro atoms. The van der Waals surface area contributed by atoms with Crippen LogP contribution in [-0.4, -0.2) is 5.11 Å². The van der Waals surface area contributed by atoms with Gasteiger partial charge in [0.25, 0.3) is 0 Å². The third kappa shape index (κ3) is 2.25. The molecule has 1 aromatic carbocycles.